The van der Waals surface area contributed by atoms with E-state index in [4.69, 9.17) is 4.18 Å². The van der Waals surface area contributed by atoms with E-state index in [1.165, 1.54) is 49.4 Å². The molecule has 3 aliphatic carbocycles. The van der Waals surface area contributed by atoms with Crippen LogP contribution in [0, 0.1) is 17.3 Å². The number of fused-ring (bicyclic) bond motifs is 6. The summed E-state index contributed by atoms with van der Waals surface area (Å²) in [7, 11) is 0.453. The predicted octanol–water partition coefficient (Wildman–Crippen LogP) is 4.09. The Hall–Kier alpha value is -1.66. The van der Waals surface area contributed by atoms with E-state index in [1.54, 1.807) is 5.57 Å². The first-order chi connectivity index (χ1) is 13.8. The molecule has 1 aromatic carbocycles. The molecule has 2 fully saturated rings. The maximum absolute atomic E-state index is 11.7. The normalized spacial score (nSPS) is 35.6. The fourth-order valence-corrected chi connectivity index (χ4v) is 7.18. The number of allylic oxidation sites excluding steroid dienone is 1. The third kappa shape index (κ3) is 3.15. The third-order valence-electron chi connectivity index (χ3n) is 7.92. The van der Waals surface area contributed by atoms with Gasteiger partial charge in [-0.25, -0.2) is 0 Å². The van der Waals surface area contributed by atoms with Crippen molar-refractivity contribution >= 4 is 16.5 Å². The Morgan fingerprint density at radius 2 is 2.07 bits per heavy atom. The number of hydrogen-bond donors (Lipinski definition) is 0. The monoisotopic (exact) mass is 414 g/mol. The van der Waals surface area contributed by atoms with E-state index in [0.717, 1.165) is 30.4 Å². The molecule has 0 unspecified atom stereocenters. The molecule has 0 spiro atoms. The summed E-state index contributed by atoms with van der Waals surface area (Å²) in [6.45, 7) is 3.54. The minimum absolute atomic E-state index is 0.349. The summed E-state index contributed by atoms with van der Waals surface area (Å²) in [5.41, 5.74) is 5.49. The summed E-state index contributed by atoms with van der Waals surface area (Å²) in [5.74, 6) is 2.48. The topological polar surface area (TPSA) is 59.0 Å². The molecule has 4 atom stereocenters. The molecule has 156 valence electrons. The summed E-state index contributed by atoms with van der Waals surface area (Å²) < 4.78 is 32.0. The Morgan fingerprint density at radius 3 is 2.86 bits per heavy atom. The minimum atomic E-state index is -3.82. The van der Waals surface area contributed by atoms with E-state index in [0.29, 0.717) is 17.1 Å². The van der Waals surface area contributed by atoms with Crippen LogP contribution in [0.2, 0.25) is 0 Å². The third-order valence-corrected chi connectivity index (χ3v) is 8.68. The first-order valence-corrected chi connectivity index (χ1v) is 12.1. The molecule has 6 heteroatoms. The van der Waals surface area contributed by atoms with Crippen LogP contribution in [0.5, 0.6) is 5.75 Å². The molecule has 29 heavy (non-hydrogen) atoms. The Balaban J connectivity index is 1.46. The van der Waals surface area contributed by atoms with Gasteiger partial charge in [-0.15, -0.1) is 4.40 Å². The van der Waals surface area contributed by atoms with Crippen molar-refractivity contribution in [2.24, 2.45) is 21.6 Å². The second-order valence-corrected chi connectivity index (χ2v) is 11.0. The van der Waals surface area contributed by atoms with Crippen LogP contribution < -0.4 is 4.18 Å². The molecule has 0 radical (unpaired) electrons. The lowest BCUT2D eigenvalue weighted by Gasteiger charge is -2.49. The van der Waals surface area contributed by atoms with Crippen LogP contribution in [0.25, 0.3) is 0 Å². The van der Waals surface area contributed by atoms with Crippen molar-refractivity contribution in [2.75, 3.05) is 20.6 Å². The smallest absolute Gasteiger partial charge is 0.365 e. The van der Waals surface area contributed by atoms with E-state index in [1.807, 2.05) is 6.07 Å². The summed E-state index contributed by atoms with van der Waals surface area (Å²) in [6.07, 6.45) is 11.1. The fourth-order valence-electron chi connectivity index (χ4n) is 6.52. The molecule has 1 aliphatic heterocycles. The Kier molecular flexibility index (Phi) is 4.44. The predicted molar refractivity (Wildman–Crippen MR) is 115 cm³/mol. The zero-order valence-corrected chi connectivity index (χ0v) is 18.3. The molecule has 0 saturated heterocycles. The zero-order chi connectivity index (χ0) is 20.4. The van der Waals surface area contributed by atoms with Crippen molar-refractivity contribution in [2.45, 2.75) is 51.4 Å². The van der Waals surface area contributed by atoms with Gasteiger partial charge < -0.3 is 9.08 Å². The molecule has 1 aromatic rings. The van der Waals surface area contributed by atoms with Gasteiger partial charge in [0.2, 0.25) is 0 Å². The van der Waals surface area contributed by atoms with Gasteiger partial charge in [0.1, 0.15) is 0 Å². The van der Waals surface area contributed by atoms with Gasteiger partial charge in [0.25, 0.3) is 0 Å². The van der Waals surface area contributed by atoms with Crippen molar-refractivity contribution in [3.8, 4) is 5.75 Å². The van der Waals surface area contributed by atoms with Crippen LogP contribution in [-0.2, 0) is 16.7 Å². The molecule has 1 heterocycles. The van der Waals surface area contributed by atoms with Gasteiger partial charge in [-0.05, 0) is 99.0 Å². The lowest BCUT2D eigenvalue weighted by molar-refractivity contribution is 0.0811. The second kappa shape index (κ2) is 6.67. The van der Waals surface area contributed by atoms with Crippen LogP contribution >= 0.6 is 0 Å². The number of aryl methyl sites for hydroxylation is 1. The van der Waals surface area contributed by atoms with Crippen LogP contribution in [0.15, 0.2) is 28.2 Å². The molecule has 5 rings (SSSR count). The molecule has 0 bridgehead atoms. The number of nitrogens with zero attached hydrogens (tertiary/aromatic N) is 2. The number of benzene rings is 1. The van der Waals surface area contributed by atoms with Crippen LogP contribution in [0.1, 0.15) is 61.6 Å². The molecular formula is C23H30N2O3S. The Morgan fingerprint density at radius 1 is 1.24 bits per heavy atom. The van der Waals surface area contributed by atoms with Gasteiger partial charge in [0.15, 0.2) is 5.75 Å². The standard InChI is InChI=1S/C23H30N2O3S/c1-23-10-8-18-19(21(23)7-5-17(23)9-11-25(2)3)6-4-15-13-22-16(12-20(15)18)14-24-29(26,27)28-22/h9,12-14,18-19,21H,4-8,10-11H2,1-3H3/b17-9-/t18-,19+,21-,23+/m0/s1. The summed E-state index contributed by atoms with van der Waals surface area (Å²) >= 11 is 0. The highest BCUT2D eigenvalue weighted by molar-refractivity contribution is 7.86. The Labute approximate surface area is 174 Å². The van der Waals surface area contributed by atoms with Gasteiger partial charge in [0, 0.05) is 12.1 Å². The van der Waals surface area contributed by atoms with E-state index in [2.05, 4.69) is 42.5 Å². The van der Waals surface area contributed by atoms with Crippen molar-refractivity contribution in [3.05, 3.63) is 40.5 Å². The highest BCUT2D eigenvalue weighted by atomic mass is 32.2. The Bertz CT molecular complexity index is 1010. The SMILES string of the molecule is CN(C)C/C=C1/CC[C@H]2[C@@H]3CCc4cc5c(cc4[C@H]3CC[C@]12C)C=NS(=O)(=O)O5. The molecule has 5 nitrogen and oxygen atoms in total. The minimum Gasteiger partial charge on any atom is -0.365 e. The van der Waals surface area contributed by atoms with Gasteiger partial charge in [-0.2, -0.15) is 8.42 Å². The quantitative estimate of drug-likeness (QED) is 0.684. The summed E-state index contributed by atoms with van der Waals surface area (Å²) in [4.78, 5) is 2.25. The molecule has 0 aromatic heterocycles. The van der Waals surface area contributed by atoms with Gasteiger partial charge in [-0.3, -0.25) is 0 Å². The van der Waals surface area contributed by atoms with E-state index in [-0.39, 0.29) is 0 Å². The molecule has 0 amide bonds. The van der Waals surface area contributed by atoms with Crippen molar-refractivity contribution < 1.29 is 12.6 Å². The molecule has 4 aliphatic rings. The molecule has 2 saturated carbocycles. The van der Waals surface area contributed by atoms with Crippen LogP contribution in [0.3, 0.4) is 0 Å². The van der Waals surface area contributed by atoms with Gasteiger partial charge >= 0.3 is 10.3 Å². The lowest BCUT2D eigenvalue weighted by atomic mass is 9.55. The number of likely N-dealkylation sites (N-methyl/N-ethyl adjacent to an activating group) is 1. The number of hydrogen-bond acceptors (Lipinski definition) is 4. The number of rotatable bonds is 2. The average Bonchev–Trinajstić information content (AvgIpc) is 3.00. The maximum Gasteiger partial charge on any atom is 0.428 e. The first kappa shape index (κ1) is 19.3. The maximum atomic E-state index is 11.7. The van der Waals surface area contributed by atoms with Crippen molar-refractivity contribution in [1.29, 1.82) is 0 Å². The lowest BCUT2D eigenvalue weighted by Crippen LogP contribution is -2.40. The molecular weight excluding hydrogens is 384 g/mol. The van der Waals surface area contributed by atoms with Gasteiger partial charge in [-0.1, -0.05) is 18.6 Å². The fraction of sp³-hybridized carbons (Fsp3) is 0.609. The zero-order valence-electron chi connectivity index (χ0n) is 17.5. The van der Waals surface area contributed by atoms with Gasteiger partial charge in [0.05, 0.1) is 6.21 Å². The highest BCUT2D eigenvalue weighted by Gasteiger charge is 2.52. The van der Waals surface area contributed by atoms with Crippen LogP contribution in [-0.4, -0.2) is 40.2 Å². The van der Waals surface area contributed by atoms with E-state index < -0.39 is 10.3 Å². The van der Waals surface area contributed by atoms with Crippen molar-refractivity contribution in [3.63, 3.8) is 0 Å². The largest absolute Gasteiger partial charge is 0.428 e. The van der Waals surface area contributed by atoms with Crippen LogP contribution in [0.4, 0.5) is 0 Å². The van der Waals surface area contributed by atoms with E-state index in [9.17, 15) is 8.42 Å². The summed E-state index contributed by atoms with van der Waals surface area (Å²) in [6, 6.07) is 4.11. The summed E-state index contributed by atoms with van der Waals surface area (Å²) in [5, 5.41) is 0. The first-order valence-electron chi connectivity index (χ1n) is 10.8. The van der Waals surface area contributed by atoms with Crippen molar-refractivity contribution in [1.82, 2.24) is 4.90 Å². The average molecular weight is 415 g/mol. The second-order valence-electron chi connectivity index (χ2n) is 9.74. The van der Waals surface area contributed by atoms with E-state index >= 15 is 0 Å². The highest BCUT2D eigenvalue weighted by Crippen LogP contribution is 2.63. The molecule has 0 N–H and O–H groups in total.